The third-order valence-electron chi connectivity index (χ3n) is 2.56. The summed E-state index contributed by atoms with van der Waals surface area (Å²) in [6, 6.07) is 0. The van der Waals surface area contributed by atoms with Crippen molar-refractivity contribution in [3.8, 4) is 0 Å². The molecule has 0 spiro atoms. The van der Waals surface area contributed by atoms with Gasteiger partial charge >= 0.3 is 0 Å². The van der Waals surface area contributed by atoms with Gasteiger partial charge in [-0.3, -0.25) is 0 Å². The summed E-state index contributed by atoms with van der Waals surface area (Å²) in [7, 11) is 0. The first kappa shape index (κ1) is 6.01. The molecule has 10 heavy (non-hydrogen) atoms. The van der Waals surface area contributed by atoms with Gasteiger partial charge in [-0.25, -0.2) is 0 Å². The Kier molecular flexibility index (Phi) is 1.13. The number of hydrogen-bond donors (Lipinski definition) is 1. The smallest absolute Gasteiger partial charge is 0.0441 e. The number of nitrogens with one attached hydrogen (secondary N) is 1. The molecular formula is C6H10N4. The van der Waals surface area contributed by atoms with Gasteiger partial charge in [0.05, 0.1) is 0 Å². The standard InChI is InChI=1S/C6H10N4/c7-10-9-4-6-1-5(2-6)3-8-6/h5,8H,1-4H2. The van der Waals surface area contributed by atoms with Crippen molar-refractivity contribution < 1.29 is 0 Å². The van der Waals surface area contributed by atoms with Gasteiger partial charge in [-0.1, -0.05) is 5.11 Å². The largest absolute Gasteiger partial charge is 0.311 e. The topological polar surface area (TPSA) is 60.8 Å². The Bertz CT molecular complexity index is 182. The van der Waals surface area contributed by atoms with E-state index in [2.05, 4.69) is 15.3 Å². The Morgan fingerprint density at radius 3 is 3.00 bits per heavy atom. The SMILES string of the molecule is [N-]=[N+]=NCC12CC(CN1)C2. The highest BCUT2D eigenvalue weighted by molar-refractivity contribution is 5.09. The van der Waals surface area contributed by atoms with Crippen LogP contribution >= 0.6 is 0 Å². The maximum atomic E-state index is 8.09. The monoisotopic (exact) mass is 138 g/mol. The molecule has 0 aromatic heterocycles. The van der Waals surface area contributed by atoms with Crippen LogP contribution in [0.2, 0.25) is 0 Å². The Labute approximate surface area is 59.2 Å². The normalized spacial score (nSPS) is 42.2. The van der Waals surface area contributed by atoms with Crippen LogP contribution in [0.15, 0.2) is 5.11 Å². The third-order valence-corrected chi connectivity index (χ3v) is 2.56. The minimum absolute atomic E-state index is 0.219. The fourth-order valence-corrected chi connectivity index (χ4v) is 2.05. The molecule has 2 bridgehead atoms. The molecule has 0 radical (unpaired) electrons. The predicted octanol–water partition coefficient (Wildman–Crippen LogP) is 1.05. The van der Waals surface area contributed by atoms with Crippen molar-refractivity contribution in [2.45, 2.75) is 18.4 Å². The molecular weight excluding hydrogens is 128 g/mol. The lowest BCUT2D eigenvalue weighted by Crippen LogP contribution is -2.45. The number of fused-ring (bicyclic) bond motifs is 1. The molecule has 2 heterocycles. The second-order valence-corrected chi connectivity index (χ2v) is 3.32. The van der Waals surface area contributed by atoms with E-state index < -0.39 is 0 Å². The molecule has 4 nitrogen and oxygen atoms in total. The zero-order valence-electron chi connectivity index (χ0n) is 5.75. The average Bonchev–Trinajstić information content (AvgIpc) is 2.39. The van der Waals surface area contributed by atoms with E-state index in [0.29, 0.717) is 6.54 Å². The minimum atomic E-state index is 0.219. The van der Waals surface area contributed by atoms with E-state index >= 15 is 0 Å². The van der Waals surface area contributed by atoms with E-state index in [9.17, 15) is 0 Å². The van der Waals surface area contributed by atoms with E-state index in [1.165, 1.54) is 12.8 Å². The van der Waals surface area contributed by atoms with E-state index in [1.807, 2.05) is 0 Å². The summed E-state index contributed by atoms with van der Waals surface area (Å²) < 4.78 is 0. The second-order valence-electron chi connectivity index (χ2n) is 3.32. The van der Waals surface area contributed by atoms with Gasteiger partial charge < -0.3 is 5.32 Å². The van der Waals surface area contributed by atoms with Crippen LogP contribution in [0.25, 0.3) is 10.4 Å². The van der Waals surface area contributed by atoms with Crippen LogP contribution in [-0.4, -0.2) is 18.6 Å². The van der Waals surface area contributed by atoms with Crippen LogP contribution in [-0.2, 0) is 0 Å². The van der Waals surface area contributed by atoms with E-state index in [0.717, 1.165) is 12.5 Å². The molecule has 0 atom stereocenters. The summed E-state index contributed by atoms with van der Waals surface area (Å²) in [6.07, 6.45) is 2.43. The highest BCUT2D eigenvalue weighted by Crippen LogP contribution is 2.43. The van der Waals surface area contributed by atoms with Gasteiger partial charge in [0, 0.05) is 17.0 Å². The summed E-state index contributed by atoms with van der Waals surface area (Å²) in [4.78, 5) is 2.75. The molecule has 0 aromatic carbocycles. The molecule has 3 fully saturated rings. The molecule has 54 valence electrons. The molecule has 1 aliphatic carbocycles. The third kappa shape index (κ3) is 0.696. The van der Waals surface area contributed by atoms with Crippen molar-refractivity contribution in [2.24, 2.45) is 11.0 Å². The van der Waals surface area contributed by atoms with Gasteiger partial charge in [-0.2, -0.15) is 0 Å². The maximum absolute atomic E-state index is 8.09. The number of azide groups is 1. The van der Waals surface area contributed by atoms with Gasteiger partial charge in [-0.05, 0) is 30.8 Å². The lowest BCUT2D eigenvalue weighted by atomic mass is 9.74. The molecule has 3 aliphatic rings. The van der Waals surface area contributed by atoms with Crippen molar-refractivity contribution >= 4 is 0 Å². The summed E-state index contributed by atoms with van der Waals surface area (Å²) in [5.74, 6) is 0.869. The van der Waals surface area contributed by atoms with Gasteiger partial charge in [0.15, 0.2) is 0 Å². The molecule has 2 aliphatic heterocycles. The zero-order valence-corrected chi connectivity index (χ0v) is 5.75. The van der Waals surface area contributed by atoms with Crippen LogP contribution in [0.4, 0.5) is 0 Å². The van der Waals surface area contributed by atoms with Crippen molar-refractivity contribution in [3.05, 3.63) is 10.4 Å². The molecule has 0 unspecified atom stereocenters. The highest BCUT2D eigenvalue weighted by atomic mass is 15.2. The van der Waals surface area contributed by atoms with Crippen LogP contribution < -0.4 is 5.32 Å². The Balaban J connectivity index is 1.98. The number of hydrogen-bond acceptors (Lipinski definition) is 2. The summed E-state index contributed by atoms with van der Waals surface area (Å²) in [6.45, 7) is 1.76. The second kappa shape index (κ2) is 1.87. The Hall–Kier alpha value is -0.730. The van der Waals surface area contributed by atoms with Crippen molar-refractivity contribution in [2.75, 3.05) is 13.1 Å². The van der Waals surface area contributed by atoms with Crippen molar-refractivity contribution in [3.63, 3.8) is 0 Å². The molecule has 3 rings (SSSR count). The Morgan fingerprint density at radius 2 is 2.50 bits per heavy atom. The van der Waals surface area contributed by atoms with Crippen LogP contribution in [0.3, 0.4) is 0 Å². The quantitative estimate of drug-likeness (QED) is 0.346. The lowest BCUT2D eigenvalue weighted by molar-refractivity contribution is 0.235. The molecule has 1 saturated carbocycles. The fourth-order valence-electron chi connectivity index (χ4n) is 2.05. The predicted molar refractivity (Wildman–Crippen MR) is 37.5 cm³/mol. The highest BCUT2D eigenvalue weighted by Gasteiger charge is 2.49. The summed E-state index contributed by atoms with van der Waals surface area (Å²) in [5, 5.41) is 6.96. The van der Waals surface area contributed by atoms with Gasteiger partial charge in [-0.15, -0.1) is 0 Å². The van der Waals surface area contributed by atoms with Gasteiger partial charge in [0.2, 0.25) is 0 Å². The lowest BCUT2D eigenvalue weighted by Gasteiger charge is -2.36. The molecule has 1 N–H and O–H groups in total. The van der Waals surface area contributed by atoms with Gasteiger partial charge in [0.25, 0.3) is 0 Å². The molecule has 2 saturated heterocycles. The zero-order chi connectivity index (χ0) is 7.03. The average molecular weight is 138 g/mol. The molecule has 4 heteroatoms. The van der Waals surface area contributed by atoms with Crippen molar-refractivity contribution in [1.29, 1.82) is 0 Å². The van der Waals surface area contributed by atoms with Crippen LogP contribution in [0, 0.1) is 5.92 Å². The van der Waals surface area contributed by atoms with Crippen LogP contribution in [0.5, 0.6) is 0 Å². The molecule has 0 aromatic rings. The van der Waals surface area contributed by atoms with Crippen LogP contribution in [0.1, 0.15) is 12.8 Å². The van der Waals surface area contributed by atoms with E-state index in [-0.39, 0.29) is 5.54 Å². The van der Waals surface area contributed by atoms with Crippen molar-refractivity contribution in [1.82, 2.24) is 5.32 Å². The number of nitrogens with zero attached hydrogens (tertiary/aromatic N) is 3. The first-order chi connectivity index (χ1) is 4.85. The van der Waals surface area contributed by atoms with E-state index in [1.54, 1.807) is 0 Å². The fraction of sp³-hybridized carbons (Fsp3) is 1.00. The number of rotatable bonds is 2. The first-order valence-corrected chi connectivity index (χ1v) is 3.61. The summed E-state index contributed by atoms with van der Waals surface area (Å²) >= 11 is 0. The van der Waals surface area contributed by atoms with E-state index in [4.69, 9.17) is 5.53 Å². The maximum Gasteiger partial charge on any atom is 0.0441 e. The first-order valence-electron chi connectivity index (χ1n) is 3.61. The minimum Gasteiger partial charge on any atom is -0.311 e. The summed E-state index contributed by atoms with van der Waals surface area (Å²) in [5.41, 5.74) is 8.31. The molecule has 0 amide bonds. The Morgan fingerprint density at radius 1 is 1.70 bits per heavy atom. The van der Waals surface area contributed by atoms with Gasteiger partial charge in [0.1, 0.15) is 0 Å².